The van der Waals surface area contributed by atoms with Crippen LogP contribution < -0.4 is 0 Å². The minimum absolute atomic E-state index is 0.0998. The van der Waals surface area contributed by atoms with Gasteiger partial charge in [0.15, 0.2) is 0 Å². The van der Waals surface area contributed by atoms with Gasteiger partial charge in [0.2, 0.25) is 0 Å². The highest BCUT2D eigenvalue weighted by molar-refractivity contribution is 5.79. The van der Waals surface area contributed by atoms with Gasteiger partial charge in [-0.1, -0.05) is 6.92 Å². The van der Waals surface area contributed by atoms with Gasteiger partial charge in [-0.2, -0.15) is 0 Å². The molecule has 0 unspecified atom stereocenters. The lowest BCUT2D eigenvalue weighted by Crippen LogP contribution is -2.16. The van der Waals surface area contributed by atoms with Crippen LogP contribution in [-0.2, 0) is 9.53 Å². The minimum atomic E-state index is -0.305. The van der Waals surface area contributed by atoms with Gasteiger partial charge in [-0.15, -0.1) is 0 Å². The molecule has 2 heteroatoms. The van der Waals surface area contributed by atoms with Crippen molar-refractivity contribution < 1.29 is 9.53 Å². The molecule has 0 N–H and O–H groups in total. The molecule has 62 valence electrons. The molecule has 0 aromatic carbocycles. The monoisotopic (exact) mass is 154 g/mol. The Bertz CT molecular complexity index is 202. The average Bonchev–Trinajstić information content (AvgIpc) is 2.08. The van der Waals surface area contributed by atoms with Crippen LogP contribution in [0.2, 0.25) is 0 Å². The van der Waals surface area contributed by atoms with Crippen molar-refractivity contribution in [3.8, 4) is 0 Å². The maximum absolute atomic E-state index is 11.1. The fourth-order valence-electron chi connectivity index (χ4n) is 1.14. The number of carbonyl (C=O) groups excluding carboxylic acids is 1. The molecular weight excluding hydrogens is 140 g/mol. The molecule has 0 aromatic heterocycles. The third-order valence-electron chi connectivity index (χ3n) is 1.82. The van der Waals surface area contributed by atoms with E-state index in [2.05, 4.69) is 0 Å². The molecule has 11 heavy (non-hydrogen) atoms. The summed E-state index contributed by atoms with van der Waals surface area (Å²) in [5, 5.41) is 0. The molecule has 2 nitrogen and oxygen atoms in total. The smallest absolute Gasteiger partial charge is 0.317 e. The summed E-state index contributed by atoms with van der Waals surface area (Å²) in [5.41, 5.74) is -0.305. The largest absolute Gasteiger partial charge is 0.431 e. The number of allylic oxidation sites excluding steroid dienone is 2. The number of hydrogen-bond acceptors (Lipinski definition) is 2. The van der Waals surface area contributed by atoms with E-state index >= 15 is 0 Å². The van der Waals surface area contributed by atoms with Crippen LogP contribution in [0.25, 0.3) is 0 Å². The van der Waals surface area contributed by atoms with E-state index in [0.717, 1.165) is 18.6 Å². The molecule has 1 aliphatic heterocycles. The fraction of sp³-hybridized carbons (Fsp3) is 0.667. The first kappa shape index (κ1) is 8.31. The van der Waals surface area contributed by atoms with Gasteiger partial charge < -0.3 is 4.74 Å². The van der Waals surface area contributed by atoms with Gasteiger partial charge in [-0.25, -0.2) is 0 Å². The van der Waals surface area contributed by atoms with Crippen LogP contribution >= 0.6 is 0 Å². The summed E-state index contributed by atoms with van der Waals surface area (Å²) in [6.45, 7) is 5.85. The van der Waals surface area contributed by atoms with Crippen LogP contribution in [0.3, 0.4) is 0 Å². The molecule has 1 saturated heterocycles. The van der Waals surface area contributed by atoms with Crippen molar-refractivity contribution in [1.29, 1.82) is 0 Å². The summed E-state index contributed by atoms with van der Waals surface area (Å²) in [5.74, 6) is 0.736. The molecule has 1 aliphatic rings. The maximum Gasteiger partial charge on any atom is 0.317 e. The second-order valence-electron chi connectivity index (χ2n) is 3.53. The summed E-state index contributed by atoms with van der Waals surface area (Å²) in [4.78, 5) is 11.1. The van der Waals surface area contributed by atoms with Gasteiger partial charge in [0, 0.05) is 6.42 Å². The number of rotatable bonds is 1. The van der Waals surface area contributed by atoms with Gasteiger partial charge in [0.05, 0.1) is 5.41 Å². The van der Waals surface area contributed by atoms with Gasteiger partial charge >= 0.3 is 5.97 Å². The van der Waals surface area contributed by atoms with E-state index in [4.69, 9.17) is 4.74 Å². The highest BCUT2D eigenvalue weighted by atomic mass is 16.5. The second-order valence-corrected chi connectivity index (χ2v) is 3.53. The molecule has 0 radical (unpaired) electrons. The Labute approximate surface area is 67.2 Å². The van der Waals surface area contributed by atoms with Crippen LogP contribution in [0.4, 0.5) is 0 Å². The van der Waals surface area contributed by atoms with Crippen molar-refractivity contribution in [2.75, 3.05) is 0 Å². The Morgan fingerprint density at radius 3 is 2.64 bits per heavy atom. The summed E-state index contributed by atoms with van der Waals surface area (Å²) in [6.07, 6.45) is 3.64. The maximum atomic E-state index is 11.1. The standard InChI is InChI=1S/C9H14O2/c1-4-5-7-6-9(2,3)8(10)11-7/h5H,4,6H2,1-3H3/b7-5-. The van der Waals surface area contributed by atoms with Gasteiger partial charge in [0.25, 0.3) is 0 Å². The molecule has 0 atom stereocenters. The zero-order chi connectivity index (χ0) is 8.48. The highest BCUT2D eigenvalue weighted by Crippen LogP contribution is 2.35. The molecule has 0 saturated carbocycles. The van der Waals surface area contributed by atoms with Crippen LogP contribution in [0.1, 0.15) is 33.6 Å². The van der Waals surface area contributed by atoms with E-state index in [0.29, 0.717) is 0 Å². The summed E-state index contributed by atoms with van der Waals surface area (Å²) < 4.78 is 5.04. The Morgan fingerprint density at radius 2 is 2.27 bits per heavy atom. The first-order valence-electron chi connectivity index (χ1n) is 3.97. The molecule has 0 bridgehead atoms. The zero-order valence-electron chi connectivity index (χ0n) is 7.31. The van der Waals surface area contributed by atoms with E-state index in [9.17, 15) is 4.79 Å². The number of cyclic esters (lactones) is 1. The van der Waals surface area contributed by atoms with Crippen molar-refractivity contribution in [3.63, 3.8) is 0 Å². The number of ether oxygens (including phenoxy) is 1. The Kier molecular flexibility index (Phi) is 2.03. The first-order chi connectivity index (χ1) is 5.06. The highest BCUT2D eigenvalue weighted by Gasteiger charge is 2.38. The lowest BCUT2D eigenvalue weighted by Gasteiger charge is -2.07. The summed E-state index contributed by atoms with van der Waals surface area (Å²) in [6, 6.07) is 0. The van der Waals surface area contributed by atoms with Crippen LogP contribution in [0.15, 0.2) is 11.8 Å². The van der Waals surface area contributed by atoms with Crippen LogP contribution in [-0.4, -0.2) is 5.97 Å². The van der Waals surface area contributed by atoms with E-state index < -0.39 is 0 Å². The van der Waals surface area contributed by atoms with Crippen LogP contribution in [0, 0.1) is 5.41 Å². The minimum Gasteiger partial charge on any atom is -0.431 e. The first-order valence-corrected chi connectivity index (χ1v) is 3.97. The SMILES string of the molecule is CC/C=C1/CC(C)(C)C(=O)O1. The fourth-order valence-corrected chi connectivity index (χ4v) is 1.14. The lowest BCUT2D eigenvalue weighted by molar-refractivity contribution is -0.142. The third-order valence-corrected chi connectivity index (χ3v) is 1.82. The summed E-state index contributed by atoms with van der Waals surface area (Å²) >= 11 is 0. The van der Waals surface area contributed by atoms with Crippen LogP contribution in [0.5, 0.6) is 0 Å². The molecule has 0 aromatic rings. The second kappa shape index (κ2) is 2.68. The zero-order valence-corrected chi connectivity index (χ0v) is 7.31. The Balaban J connectivity index is 2.72. The van der Waals surface area contributed by atoms with E-state index in [-0.39, 0.29) is 11.4 Å². The number of carbonyl (C=O) groups is 1. The predicted octanol–water partition coefficient (Wildman–Crippen LogP) is 2.25. The quantitative estimate of drug-likeness (QED) is 0.541. The van der Waals surface area contributed by atoms with E-state index in [1.165, 1.54) is 0 Å². The van der Waals surface area contributed by atoms with Crippen molar-refractivity contribution in [1.82, 2.24) is 0 Å². The van der Waals surface area contributed by atoms with Gasteiger partial charge in [-0.3, -0.25) is 4.79 Å². The molecule has 1 heterocycles. The molecule has 1 rings (SSSR count). The van der Waals surface area contributed by atoms with Crippen molar-refractivity contribution >= 4 is 5.97 Å². The predicted molar refractivity (Wildman–Crippen MR) is 42.9 cm³/mol. The van der Waals surface area contributed by atoms with Crippen molar-refractivity contribution in [2.45, 2.75) is 33.6 Å². The molecule has 0 aliphatic carbocycles. The van der Waals surface area contributed by atoms with Crippen molar-refractivity contribution in [3.05, 3.63) is 11.8 Å². The number of esters is 1. The lowest BCUT2D eigenvalue weighted by atomic mass is 9.91. The normalized spacial score (nSPS) is 25.7. The average molecular weight is 154 g/mol. The third kappa shape index (κ3) is 1.62. The topological polar surface area (TPSA) is 26.3 Å². The molecule has 0 amide bonds. The van der Waals surface area contributed by atoms with Gasteiger partial charge in [-0.05, 0) is 26.3 Å². The molecule has 1 fully saturated rings. The molecule has 0 spiro atoms. The van der Waals surface area contributed by atoms with Crippen molar-refractivity contribution in [2.24, 2.45) is 5.41 Å². The van der Waals surface area contributed by atoms with E-state index in [1.807, 2.05) is 26.8 Å². The van der Waals surface area contributed by atoms with E-state index in [1.54, 1.807) is 0 Å². The Morgan fingerprint density at radius 1 is 1.64 bits per heavy atom. The number of hydrogen-bond donors (Lipinski definition) is 0. The Hall–Kier alpha value is -0.790. The van der Waals surface area contributed by atoms with Gasteiger partial charge in [0.1, 0.15) is 5.76 Å². The molecular formula is C9H14O2. The summed E-state index contributed by atoms with van der Waals surface area (Å²) in [7, 11) is 0.